The molecule has 0 aliphatic rings. The first-order valence-electron chi connectivity index (χ1n) is 10.1. The van der Waals surface area contributed by atoms with E-state index in [-0.39, 0.29) is 5.82 Å². The van der Waals surface area contributed by atoms with Crippen LogP contribution < -0.4 is 4.74 Å². The SMILES string of the molecule is CCCCCCOc1ccc(-c2cccc3c4ccccc4n(C)c23)c(F)c1. The Morgan fingerprint density at radius 3 is 2.50 bits per heavy atom. The molecule has 0 amide bonds. The van der Waals surface area contributed by atoms with Gasteiger partial charge in [0, 0.05) is 40.5 Å². The summed E-state index contributed by atoms with van der Waals surface area (Å²) >= 11 is 0. The van der Waals surface area contributed by atoms with E-state index in [4.69, 9.17) is 4.74 Å². The van der Waals surface area contributed by atoms with Crippen molar-refractivity contribution in [2.75, 3.05) is 6.61 Å². The topological polar surface area (TPSA) is 14.2 Å². The van der Waals surface area contributed by atoms with Crippen LogP contribution in [0.15, 0.2) is 60.7 Å². The Morgan fingerprint density at radius 2 is 1.68 bits per heavy atom. The summed E-state index contributed by atoms with van der Waals surface area (Å²) in [5.41, 5.74) is 3.71. The Labute approximate surface area is 165 Å². The van der Waals surface area contributed by atoms with Crippen LogP contribution in [0, 0.1) is 5.82 Å². The molecule has 0 saturated carbocycles. The minimum atomic E-state index is -0.246. The number of hydrogen-bond donors (Lipinski definition) is 0. The summed E-state index contributed by atoms with van der Waals surface area (Å²) in [5, 5.41) is 2.33. The van der Waals surface area contributed by atoms with Crippen molar-refractivity contribution in [1.82, 2.24) is 4.57 Å². The molecule has 3 heteroatoms. The van der Waals surface area contributed by atoms with Gasteiger partial charge in [0.05, 0.1) is 12.1 Å². The third-order valence-electron chi connectivity index (χ3n) is 5.42. The Kier molecular flexibility index (Phi) is 5.34. The zero-order valence-electron chi connectivity index (χ0n) is 16.5. The normalized spacial score (nSPS) is 11.4. The number of aryl methyl sites for hydroxylation is 1. The molecule has 0 fully saturated rings. The summed E-state index contributed by atoms with van der Waals surface area (Å²) in [6.45, 7) is 2.82. The first-order chi connectivity index (χ1) is 13.7. The fourth-order valence-corrected chi connectivity index (χ4v) is 3.98. The second-order valence-corrected chi connectivity index (χ2v) is 7.33. The number of halogens is 1. The molecule has 3 aromatic carbocycles. The number of hydrogen-bond acceptors (Lipinski definition) is 1. The lowest BCUT2D eigenvalue weighted by molar-refractivity contribution is 0.303. The van der Waals surface area contributed by atoms with Crippen molar-refractivity contribution in [3.63, 3.8) is 0 Å². The minimum Gasteiger partial charge on any atom is -0.493 e. The van der Waals surface area contributed by atoms with Crippen molar-refractivity contribution in [3.8, 4) is 16.9 Å². The molecule has 0 N–H and O–H groups in total. The van der Waals surface area contributed by atoms with Crippen molar-refractivity contribution in [2.45, 2.75) is 32.6 Å². The smallest absolute Gasteiger partial charge is 0.134 e. The van der Waals surface area contributed by atoms with Crippen molar-refractivity contribution < 1.29 is 9.13 Å². The predicted molar refractivity (Wildman–Crippen MR) is 115 cm³/mol. The summed E-state index contributed by atoms with van der Waals surface area (Å²) in [6, 6.07) is 19.6. The van der Waals surface area contributed by atoms with E-state index in [9.17, 15) is 4.39 Å². The average molecular weight is 375 g/mol. The number of nitrogens with zero attached hydrogens (tertiary/aromatic N) is 1. The molecular weight excluding hydrogens is 349 g/mol. The number of unbranched alkanes of at least 4 members (excludes halogenated alkanes) is 3. The third-order valence-corrected chi connectivity index (χ3v) is 5.42. The molecule has 0 saturated heterocycles. The van der Waals surface area contributed by atoms with Gasteiger partial charge in [-0.3, -0.25) is 0 Å². The number of para-hydroxylation sites is 2. The van der Waals surface area contributed by atoms with Gasteiger partial charge in [-0.25, -0.2) is 4.39 Å². The van der Waals surface area contributed by atoms with E-state index in [0.717, 1.165) is 34.8 Å². The fraction of sp³-hybridized carbons (Fsp3) is 0.280. The lowest BCUT2D eigenvalue weighted by Gasteiger charge is -2.11. The van der Waals surface area contributed by atoms with Crippen LogP contribution in [-0.4, -0.2) is 11.2 Å². The quantitative estimate of drug-likeness (QED) is 0.314. The molecule has 28 heavy (non-hydrogen) atoms. The number of benzene rings is 3. The maximum atomic E-state index is 15.0. The first kappa shape index (κ1) is 18.5. The minimum absolute atomic E-state index is 0.246. The van der Waals surface area contributed by atoms with Crippen LogP contribution in [0.5, 0.6) is 5.75 Å². The van der Waals surface area contributed by atoms with E-state index < -0.39 is 0 Å². The van der Waals surface area contributed by atoms with Gasteiger partial charge < -0.3 is 9.30 Å². The summed E-state index contributed by atoms with van der Waals surface area (Å²) in [4.78, 5) is 0. The van der Waals surface area contributed by atoms with Crippen LogP contribution in [0.3, 0.4) is 0 Å². The van der Waals surface area contributed by atoms with Crippen LogP contribution in [0.25, 0.3) is 32.9 Å². The van der Waals surface area contributed by atoms with Crippen LogP contribution in [0.2, 0.25) is 0 Å². The molecule has 1 aromatic heterocycles. The van der Waals surface area contributed by atoms with Crippen molar-refractivity contribution in [2.24, 2.45) is 7.05 Å². The van der Waals surface area contributed by atoms with Gasteiger partial charge in [-0.05, 0) is 24.6 Å². The second-order valence-electron chi connectivity index (χ2n) is 7.33. The van der Waals surface area contributed by atoms with Gasteiger partial charge in [0.1, 0.15) is 11.6 Å². The first-order valence-corrected chi connectivity index (χ1v) is 10.1. The largest absolute Gasteiger partial charge is 0.493 e. The molecule has 0 radical (unpaired) electrons. The molecule has 0 unspecified atom stereocenters. The standard InChI is InChI=1S/C25H26FNO/c1-3-4-5-8-16-28-18-14-15-19(23(26)17-18)21-11-9-12-22-20-10-6-7-13-24(20)27(2)25(21)22/h6-7,9-15,17H,3-5,8,16H2,1-2H3. The monoisotopic (exact) mass is 375 g/mol. The molecule has 1 heterocycles. The zero-order valence-corrected chi connectivity index (χ0v) is 16.5. The van der Waals surface area contributed by atoms with Gasteiger partial charge >= 0.3 is 0 Å². The van der Waals surface area contributed by atoms with Crippen LogP contribution in [-0.2, 0) is 7.05 Å². The number of rotatable bonds is 7. The lowest BCUT2D eigenvalue weighted by Crippen LogP contribution is -1.98. The van der Waals surface area contributed by atoms with Crippen LogP contribution in [0.1, 0.15) is 32.6 Å². The highest BCUT2D eigenvalue weighted by molar-refractivity contribution is 6.12. The molecule has 0 bridgehead atoms. The molecular formula is C25H26FNO. The molecule has 2 nitrogen and oxygen atoms in total. The summed E-state index contributed by atoms with van der Waals surface area (Å²) < 4.78 is 22.9. The molecule has 0 atom stereocenters. The predicted octanol–water partition coefficient (Wildman–Crippen LogP) is 7.10. The molecule has 0 aliphatic carbocycles. The summed E-state index contributed by atoms with van der Waals surface area (Å²) in [5.74, 6) is 0.353. The van der Waals surface area contributed by atoms with Gasteiger partial charge in [-0.2, -0.15) is 0 Å². The summed E-state index contributed by atoms with van der Waals surface area (Å²) in [6.07, 6.45) is 4.57. The number of fused-ring (bicyclic) bond motifs is 3. The number of ether oxygens (including phenoxy) is 1. The Hall–Kier alpha value is -2.81. The Morgan fingerprint density at radius 1 is 0.857 bits per heavy atom. The van der Waals surface area contributed by atoms with E-state index in [0.29, 0.717) is 17.9 Å². The highest BCUT2D eigenvalue weighted by Gasteiger charge is 2.15. The van der Waals surface area contributed by atoms with Crippen molar-refractivity contribution in [1.29, 1.82) is 0 Å². The van der Waals surface area contributed by atoms with Gasteiger partial charge in [0.15, 0.2) is 0 Å². The van der Waals surface area contributed by atoms with Gasteiger partial charge in [0.2, 0.25) is 0 Å². The van der Waals surface area contributed by atoms with Gasteiger partial charge in [-0.15, -0.1) is 0 Å². The van der Waals surface area contributed by atoms with Gasteiger partial charge in [0.25, 0.3) is 0 Å². The Balaban J connectivity index is 1.69. The van der Waals surface area contributed by atoms with E-state index in [1.54, 1.807) is 0 Å². The molecule has 0 aliphatic heterocycles. The third kappa shape index (κ3) is 3.37. The molecule has 4 rings (SSSR count). The Bertz CT molecular complexity index is 1110. The summed E-state index contributed by atoms with van der Waals surface area (Å²) in [7, 11) is 2.04. The van der Waals surface area contributed by atoms with Crippen LogP contribution in [0.4, 0.5) is 4.39 Å². The zero-order chi connectivity index (χ0) is 19.5. The number of aromatic nitrogens is 1. The maximum Gasteiger partial charge on any atom is 0.134 e. The fourth-order valence-electron chi connectivity index (χ4n) is 3.98. The van der Waals surface area contributed by atoms with E-state index >= 15 is 0 Å². The molecule has 0 spiro atoms. The molecule has 144 valence electrons. The molecule has 4 aromatic rings. The second kappa shape index (κ2) is 8.05. The van der Waals surface area contributed by atoms with Crippen molar-refractivity contribution >= 4 is 21.8 Å². The highest BCUT2D eigenvalue weighted by Crippen LogP contribution is 2.36. The van der Waals surface area contributed by atoms with Crippen LogP contribution >= 0.6 is 0 Å². The highest BCUT2D eigenvalue weighted by atomic mass is 19.1. The van der Waals surface area contributed by atoms with E-state index in [1.165, 1.54) is 24.3 Å². The lowest BCUT2D eigenvalue weighted by atomic mass is 10.0. The van der Waals surface area contributed by atoms with Gasteiger partial charge in [-0.1, -0.05) is 62.6 Å². The van der Waals surface area contributed by atoms with E-state index in [2.05, 4.69) is 29.7 Å². The van der Waals surface area contributed by atoms with Crippen molar-refractivity contribution in [3.05, 3.63) is 66.5 Å². The average Bonchev–Trinajstić information content (AvgIpc) is 3.01. The van der Waals surface area contributed by atoms with E-state index in [1.807, 2.05) is 43.4 Å². The maximum absolute atomic E-state index is 15.0.